The third-order valence-corrected chi connectivity index (χ3v) is 9.90. The third-order valence-electron chi connectivity index (χ3n) is 7.75. The first-order chi connectivity index (χ1) is 21.4. The number of sulfonamides is 1. The molecule has 2 aliphatic carbocycles. The van der Waals surface area contributed by atoms with E-state index in [0.717, 1.165) is 48.6 Å². The van der Waals surface area contributed by atoms with Gasteiger partial charge in [-0.3, -0.25) is 4.79 Å². The normalized spacial score (nSPS) is 16.1. The Morgan fingerprint density at radius 1 is 0.833 bits per heavy atom. The second-order valence-corrected chi connectivity index (χ2v) is 16.3. The number of oxime groups is 1. The minimum Gasteiger partial charge on any atom is -0.460 e. The SMILES string of the molecule is C.C.CC(C)C(=O)O[C@H]1CCOC1.CC(C)C(C)(C)C.CC(C)NS(=O)(=O)C1CC1.CC(C)ON=C1c2ccccc2-c2ccccc21. The highest BCUT2D eigenvalue weighted by atomic mass is 32.2. The van der Waals surface area contributed by atoms with Crippen LogP contribution in [0.2, 0.25) is 0 Å². The summed E-state index contributed by atoms with van der Waals surface area (Å²) in [5.41, 5.74) is 6.21. The molecule has 9 heteroatoms. The molecule has 2 aromatic rings. The first-order valence-corrected chi connectivity index (χ1v) is 18.2. The fourth-order valence-corrected chi connectivity index (χ4v) is 5.57. The Kier molecular flexibility index (Phi) is 19.5. The summed E-state index contributed by atoms with van der Waals surface area (Å²) in [6.45, 7) is 23.9. The number of carbonyl (C=O) groups excluding carboxylic acids is 1. The van der Waals surface area contributed by atoms with Crippen LogP contribution in [0.25, 0.3) is 11.1 Å². The van der Waals surface area contributed by atoms with E-state index in [0.29, 0.717) is 12.0 Å². The average molecular weight is 691 g/mol. The van der Waals surface area contributed by atoms with Gasteiger partial charge in [-0.1, -0.05) is 117 Å². The molecule has 2 aromatic carbocycles. The molecule has 48 heavy (non-hydrogen) atoms. The van der Waals surface area contributed by atoms with Crippen molar-refractivity contribution in [1.82, 2.24) is 4.72 Å². The van der Waals surface area contributed by atoms with E-state index in [-0.39, 0.29) is 50.2 Å². The summed E-state index contributed by atoms with van der Waals surface area (Å²) >= 11 is 0. The van der Waals surface area contributed by atoms with Crippen LogP contribution < -0.4 is 4.72 Å². The summed E-state index contributed by atoms with van der Waals surface area (Å²) in [6.07, 6.45) is 2.62. The van der Waals surface area contributed by atoms with Crippen LogP contribution in [0.15, 0.2) is 53.7 Å². The van der Waals surface area contributed by atoms with Crippen molar-refractivity contribution in [1.29, 1.82) is 0 Å². The second kappa shape index (κ2) is 20.7. The number of benzene rings is 2. The van der Waals surface area contributed by atoms with E-state index >= 15 is 0 Å². The van der Waals surface area contributed by atoms with Gasteiger partial charge in [0.2, 0.25) is 10.0 Å². The van der Waals surface area contributed by atoms with Crippen LogP contribution in [-0.2, 0) is 29.1 Å². The van der Waals surface area contributed by atoms with Gasteiger partial charge in [0.05, 0.1) is 24.4 Å². The van der Waals surface area contributed by atoms with Crippen LogP contribution in [0.4, 0.5) is 0 Å². The predicted molar refractivity (Wildman–Crippen MR) is 202 cm³/mol. The number of carbonyl (C=O) groups is 1. The van der Waals surface area contributed by atoms with Crippen LogP contribution in [-0.4, -0.2) is 56.8 Å². The maximum Gasteiger partial charge on any atom is 0.308 e. The van der Waals surface area contributed by atoms with E-state index in [2.05, 4.69) is 80.9 Å². The molecule has 1 saturated heterocycles. The Bertz CT molecular complexity index is 1320. The largest absolute Gasteiger partial charge is 0.460 e. The van der Waals surface area contributed by atoms with Crippen LogP contribution in [0.5, 0.6) is 0 Å². The highest BCUT2D eigenvalue weighted by Gasteiger charge is 2.35. The average Bonchev–Trinajstić information content (AvgIpc) is 3.63. The molecule has 8 nitrogen and oxygen atoms in total. The van der Waals surface area contributed by atoms with Crippen molar-refractivity contribution >= 4 is 21.7 Å². The van der Waals surface area contributed by atoms with Gasteiger partial charge in [0.1, 0.15) is 17.9 Å². The molecule has 5 rings (SSSR count). The fourth-order valence-electron chi connectivity index (χ4n) is 3.96. The van der Waals surface area contributed by atoms with Crippen LogP contribution in [0.3, 0.4) is 0 Å². The molecular formula is C39H66N2O6S. The molecule has 0 radical (unpaired) electrons. The van der Waals surface area contributed by atoms with Crippen molar-refractivity contribution in [3.63, 3.8) is 0 Å². The number of nitrogens with one attached hydrogen (secondary N) is 1. The highest BCUT2D eigenvalue weighted by Crippen LogP contribution is 2.36. The summed E-state index contributed by atoms with van der Waals surface area (Å²) in [5.74, 6) is 0.642. The lowest BCUT2D eigenvalue weighted by Gasteiger charge is -2.22. The Hall–Kier alpha value is -2.75. The van der Waals surface area contributed by atoms with Gasteiger partial charge in [-0.25, -0.2) is 13.1 Å². The van der Waals surface area contributed by atoms with Gasteiger partial charge in [-0.05, 0) is 63.0 Å². The minimum absolute atomic E-state index is 0. The maximum atomic E-state index is 11.1. The van der Waals surface area contributed by atoms with Crippen molar-refractivity contribution < 1.29 is 27.5 Å². The summed E-state index contributed by atoms with van der Waals surface area (Å²) in [6, 6.07) is 16.7. The predicted octanol–water partition coefficient (Wildman–Crippen LogP) is 9.26. The van der Waals surface area contributed by atoms with E-state index in [9.17, 15) is 13.2 Å². The molecule has 1 saturated carbocycles. The number of hydrogen-bond donors (Lipinski definition) is 1. The van der Waals surface area contributed by atoms with Crippen LogP contribution in [0, 0.1) is 17.3 Å². The van der Waals surface area contributed by atoms with Crippen molar-refractivity contribution in [2.24, 2.45) is 22.4 Å². The Morgan fingerprint density at radius 3 is 1.62 bits per heavy atom. The summed E-state index contributed by atoms with van der Waals surface area (Å²) in [4.78, 5) is 16.4. The number of nitrogens with zero attached hydrogens (tertiary/aromatic N) is 1. The molecule has 0 amide bonds. The van der Waals surface area contributed by atoms with Gasteiger partial charge in [-0.15, -0.1) is 0 Å². The lowest BCUT2D eigenvalue weighted by Crippen LogP contribution is -2.32. The molecule has 1 heterocycles. The zero-order chi connectivity index (χ0) is 34.7. The minimum atomic E-state index is -2.94. The number of fused-ring (bicyclic) bond motifs is 3. The van der Waals surface area contributed by atoms with E-state index in [1.54, 1.807) is 0 Å². The van der Waals surface area contributed by atoms with E-state index in [1.807, 2.05) is 53.7 Å². The van der Waals surface area contributed by atoms with Crippen molar-refractivity contribution in [3.8, 4) is 11.1 Å². The number of esters is 1. The van der Waals surface area contributed by atoms with Crippen LogP contribution in [0.1, 0.15) is 121 Å². The maximum absolute atomic E-state index is 11.1. The second-order valence-electron chi connectivity index (χ2n) is 14.3. The van der Waals surface area contributed by atoms with Crippen LogP contribution >= 0.6 is 0 Å². The van der Waals surface area contributed by atoms with Crippen molar-refractivity contribution in [3.05, 3.63) is 59.7 Å². The monoisotopic (exact) mass is 690 g/mol. The Balaban J connectivity index is 0.000000646. The first-order valence-electron chi connectivity index (χ1n) is 16.7. The first kappa shape index (κ1) is 45.2. The standard InChI is InChI=1S/C16H15NO.C8H14O3.C7H16.C6H13NO2S.2CH4/c1-11(2)18-17-16-14-9-5-3-7-12(14)13-8-4-6-10-15(13)16;1-6(2)8(9)11-7-3-4-10-5-7;1-6(2)7(3,4)5;1-5(2)7-10(8,9)6-3-4-6;;/h3-11H,1-2H3;6-7H,3-5H2,1-2H3;6H,1-5H3;5-7H,3-4H2,1-2H3;2*1H4/t;7-;;;;/m.0..../s1. The topological polar surface area (TPSA) is 103 Å². The van der Waals surface area contributed by atoms with Gasteiger partial charge >= 0.3 is 5.97 Å². The highest BCUT2D eigenvalue weighted by molar-refractivity contribution is 7.90. The molecule has 1 N–H and O–H groups in total. The molecule has 0 bridgehead atoms. The quantitative estimate of drug-likeness (QED) is 0.196. The molecule has 1 aliphatic heterocycles. The van der Waals surface area contributed by atoms with Gasteiger partial charge < -0.3 is 14.3 Å². The summed E-state index contributed by atoms with van der Waals surface area (Å²) in [7, 11) is -2.94. The molecule has 3 aliphatic rings. The van der Waals surface area contributed by atoms with Gasteiger partial charge in [0.25, 0.3) is 0 Å². The number of rotatable bonds is 7. The molecule has 2 fully saturated rings. The smallest absolute Gasteiger partial charge is 0.308 e. The van der Waals surface area contributed by atoms with Gasteiger partial charge in [0, 0.05) is 23.6 Å². The number of ether oxygens (including phenoxy) is 2. The molecule has 0 spiro atoms. The van der Waals surface area contributed by atoms with E-state index < -0.39 is 10.0 Å². The summed E-state index contributed by atoms with van der Waals surface area (Å²) < 4.78 is 34.9. The van der Waals surface area contributed by atoms with Gasteiger partial charge in [-0.2, -0.15) is 0 Å². The van der Waals surface area contributed by atoms with E-state index in [1.165, 1.54) is 11.1 Å². The Morgan fingerprint density at radius 2 is 1.29 bits per heavy atom. The lowest BCUT2D eigenvalue weighted by molar-refractivity contribution is -0.152. The zero-order valence-corrected chi connectivity index (χ0v) is 30.7. The molecule has 0 aromatic heterocycles. The Labute approximate surface area is 293 Å². The fraction of sp³-hybridized carbons (Fsp3) is 0.641. The lowest BCUT2D eigenvalue weighted by atomic mass is 9.84. The summed E-state index contributed by atoms with van der Waals surface area (Å²) in [5, 5.41) is 4.23. The zero-order valence-electron chi connectivity index (χ0n) is 29.9. The molecule has 1 atom stereocenters. The number of hydrogen-bond acceptors (Lipinski definition) is 7. The molecule has 0 unspecified atom stereocenters. The van der Waals surface area contributed by atoms with Gasteiger partial charge in [0.15, 0.2) is 0 Å². The third kappa shape index (κ3) is 15.2. The molecular weight excluding hydrogens is 625 g/mol. The van der Waals surface area contributed by atoms with E-state index in [4.69, 9.17) is 14.3 Å². The van der Waals surface area contributed by atoms with Crippen molar-refractivity contribution in [2.75, 3.05) is 13.2 Å². The molecule has 274 valence electrons. The van der Waals surface area contributed by atoms with Crippen molar-refractivity contribution in [2.45, 2.75) is 134 Å².